The number of aromatic nitrogens is 1. The quantitative estimate of drug-likeness (QED) is 0.847. The second-order valence-corrected chi connectivity index (χ2v) is 6.01. The summed E-state index contributed by atoms with van der Waals surface area (Å²) >= 11 is 0. The topological polar surface area (TPSA) is 45.7 Å². The number of rotatable bonds is 5. The minimum atomic E-state index is 0.424. The Hall–Kier alpha value is -2.14. The minimum absolute atomic E-state index is 0.424. The van der Waals surface area contributed by atoms with E-state index in [2.05, 4.69) is 27.9 Å². The van der Waals surface area contributed by atoms with Gasteiger partial charge in [-0.25, -0.2) is 0 Å². The molecule has 1 radical (unpaired) electrons. The van der Waals surface area contributed by atoms with Gasteiger partial charge in [0.05, 0.1) is 31.1 Å². The molecule has 1 aliphatic rings. The number of pyridine rings is 1. The van der Waals surface area contributed by atoms with Crippen LogP contribution in [-0.2, 0) is 4.79 Å². The predicted octanol–water partition coefficient (Wildman–Crippen LogP) is 2.25. The number of ether oxygens (including phenoxy) is 1. The van der Waals surface area contributed by atoms with Gasteiger partial charge in [0.15, 0.2) is 0 Å². The van der Waals surface area contributed by atoms with E-state index in [0.29, 0.717) is 12.6 Å². The predicted molar refractivity (Wildman–Crippen MR) is 91.9 cm³/mol. The summed E-state index contributed by atoms with van der Waals surface area (Å²) in [5.74, 6) is 0.845. The van der Waals surface area contributed by atoms with Crippen molar-refractivity contribution in [2.75, 3.05) is 38.7 Å². The molecule has 0 atom stereocenters. The maximum atomic E-state index is 10.5. The van der Waals surface area contributed by atoms with Crippen molar-refractivity contribution >= 4 is 22.9 Å². The first-order valence-corrected chi connectivity index (χ1v) is 7.95. The number of carbonyl (C=O) groups excluding carboxylic acids is 1. The summed E-state index contributed by atoms with van der Waals surface area (Å²) in [6.45, 7) is 2.31. The zero-order valence-corrected chi connectivity index (χ0v) is 13.7. The Balaban J connectivity index is 1.75. The summed E-state index contributed by atoms with van der Waals surface area (Å²) in [5.41, 5.74) is 2.09. The van der Waals surface area contributed by atoms with Gasteiger partial charge in [0.2, 0.25) is 6.29 Å². The fraction of sp³-hybridized carbons (Fsp3) is 0.444. The summed E-state index contributed by atoms with van der Waals surface area (Å²) in [6.07, 6.45) is 6.02. The van der Waals surface area contributed by atoms with Gasteiger partial charge in [0.25, 0.3) is 0 Å². The molecule has 0 amide bonds. The van der Waals surface area contributed by atoms with Crippen molar-refractivity contribution < 1.29 is 9.53 Å². The van der Waals surface area contributed by atoms with E-state index in [-0.39, 0.29) is 0 Å². The van der Waals surface area contributed by atoms with Crippen LogP contribution < -0.4 is 9.64 Å². The molecule has 23 heavy (non-hydrogen) atoms. The van der Waals surface area contributed by atoms with Crippen molar-refractivity contribution in [1.82, 2.24) is 9.88 Å². The summed E-state index contributed by atoms with van der Waals surface area (Å²) in [6, 6.07) is 8.56. The third-order valence-electron chi connectivity index (χ3n) is 4.67. The smallest absolute Gasteiger partial charge is 0.213 e. The third kappa shape index (κ3) is 3.45. The van der Waals surface area contributed by atoms with Crippen molar-refractivity contribution in [3.63, 3.8) is 0 Å². The van der Waals surface area contributed by atoms with Gasteiger partial charge >= 0.3 is 0 Å². The molecule has 3 rings (SSSR count). The number of benzene rings is 1. The SMILES string of the molecule is COc1ccc2ncc(N(C)C3CCN(C[C]=O)CC3)cc2c1. The van der Waals surface area contributed by atoms with Crippen LogP contribution in [0.2, 0.25) is 0 Å². The van der Waals surface area contributed by atoms with Crippen LogP contribution in [0.5, 0.6) is 5.75 Å². The molecule has 1 saturated heterocycles. The summed E-state index contributed by atoms with van der Waals surface area (Å²) in [4.78, 5) is 19.5. The fourth-order valence-electron chi connectivity index (χ4n) is 3.18. The highest BCUT2D eigenvalue weighted by Gasteiger charge is 2.22. The Morgan fingerprint density at radius 2 is 2.13 bits per heavy atom. The highest BCUT2D eigenvalue weighted by molar-refractivity contribution is 5.83. The van der Waals surface area contributed by atoms with Crippen LogP contribution in [0.4, 0.5) is 5.69 Å². The average Bonchev–Trinajstić information content (AvgIpc) is 2.61. The van der Waals surface area contributed by atoms with E-state index in [9.17, 15) is 4.79 Å². The van der Waals surface area contributed by atoms with Crippen LogP contribution >= 0.6 is 0 Å². The molecule has 1 aliphatic heterocycles. The fourth-order valence-corrected chi connectivity index (χ4v) is 3.18. The Bertz CT molecular complexity index is 681. The maximum Gasteiger partial charge on any atom is 0.213 e. The Kier molecular flexibility index (Phi) is 4.76. The highest BCUT2D eigenvalue weighted by atomic mass is 16.5. The second kappa shape index (κ2) is 6.96. The van der Waals surface area contributed by atoms with E-state index in [4.69, 9.17) is 4.74 Å². The molecular weight excluding hydrogens is 290 g/mol. The number of hydrogen-bond acceptors (Lipinski definition) is 5. The molecule has 1 aromatic carbocycles. The molecule has 0 unspecified atom stereocenters. The lowest BCUT2D eigenvalue weighted by molar-refractivity contribution is 0.234. The summed E-state index contributed by atoms with van der Waals surface area (Å²) < 4.78 is 5.30. The van der Waals surface area contributed by atoms with E-state index in [0.717, 1.165) is 48.3 Å². The van der Waals surface area contributed by atoms with Gasteiger partial charge in [-0.15, -0.1) is 0 Å². The van der Waals surface area contributed by atoms with Crippen molar-refractivity contribution in [3.05, 3.63) is 30.5 Å². The number of fused-ring (bicyclic) bond motifs is 1. The lowest BCUT2D eigenvalue weighted by Crippen LogP contribution is -2.44. The Morgan fingerprint density at radius 1 is 1.35 bits per heavy atom. The number of nitrogens with zero attached hydrogens (tertiary/aromatic N) is 3. The zero-order chi connectivity index (χ0) is 16.2. The maximum absolute atomic E-state index is 10.5. The lowest BCUT2D eigenvalue weighted by Gasteiger charge is -2.37. The molecule has 5 nitrogen and oxygen atoms in total. The standard InChI is InChI=1S/C18H22N3O2/c1-20(15-5-7-21(8-6-15)9-10-22)16-11-14-12-17(23-2)3-4-18(14)19-13-16/h3-4,11-13,15H,5-9H2,1-2H3. The van der Waals surface area contributed by atoms with Crippen LogP contribution in [0.3, 0.4) is 0 Å². The summed E-state index contributed by atoms with van der Waals surface area (Å²) in [7, 11) is 3.80. The third-order valence-corrected chi connectivity index (χ3v) is 4.67. The number of anilines is 1. The molecule has 1 fully saturated rings. The van der Waals surface area contributed by atoms with E-state index in [1.54, 1.807) is 7.11 Å². The molecule has 2 heterocycles. The van der Waals surface area contributed by atoms with Crippen molar-refractivity contribution in [2.24, 2.45) is 0 Å². The van der Waals surface area contributed by atoms with Crippen LogP contribution in [0.25, 0.3) is 10.9 Å². The van der Waals surface area contributed by atoms with Crippen LogP contribution in [0, 0.1) is 0 Å². The molecule has 0 bridgehead atoms. The monoisotopic (exact) mass is 312 g/mol. The Morgan fingerprint density at radius 3 is 2.83 bits per heavy atom. The number of piperidine rings is 1. The van der Waals surface area contributed by atoms with E-state index >= 15 is 0 Å². The minimum Gasteiger partial charge on any atom is -0.497 e. The number of methoxy groups -OCH3 is 1. The molecule has 0 saturated carbocycles. The van der Waals surface area contributed by atoms with Gasteiger partial charge in [0, 0.05) is 31.6 Å². The second-order valence-electron chi connectivity index (χ2n) is 6.01. The Labute approximate surface area is 136 Å². The number of hydrogen-bond donors (Lipinski definition) is 0. The largest absolute Gasteiger partial charge is 0.497 e. The van der Waals surface area contributed by atoms with Gasteiger partial charge in [-0.3, -0.25) is 14.7 Å². The molecule has 0 aliphatic carbocycles. The highest BCUT2D eigenvalue weighted by Crippen LogP contribution is 2.26. The van der Waals surface area contributed by atoms with Crippen LogP contribution in [-0.4, -0.2) is 56.0 Å². The first-order chi connectivity index (χ1) is 11.2. The zero-order valence-electron chi connectivity index (χ0n) is 13.7. The van der Waals surface area contributed by atoms with Gasteiger partial charge in [-0.1, -0.05) is 0 Å². The van der Waals surface area contributed by atoms with E-state index in [1.165, 1.54) is 0 Å². The molecule has 5 heteroatoms. The summed E-state index contributed by atoms with van der Waals surface area (Å²) in [5, 5.41) is 1.08. The van der Waals surface area contributed by atoms with Gasteiger partial charge in [-0.05, 0) is 37.1 Å². The first kappa shape index (κ1) is 15.7. The molecule has 2 aromatic rings. The van der Waals surface area contributed by atoms with E-state index < -0.39 is 0 Å². The average molecular weight is 312 g/mol. The van der Waals surface area contributed by atoms with Crippen molar-refractivity contribution in [3.8, 4) is 5.75 Å². The van der Waals surface area contributed by atoms with Gasteiger partial charge in [-0.2, -0.15) is 0 Å². The van der Waals surface area contributed by atoms with Crippen molar-refractivity contribution in [2.45, 2.75) is 18.9 Å². The van der Waals surface area contributed by atoms with Gasteiger partial charge in [0.1, 0.15) is 5.75 Å². The molecule has 1 aromatic heterocycles. The lowest BCUT2D eigenvalue weighted by atomic mass is 10.0. The first-order valence-electron chi connectivity index (χ1n) is 7.95. The molecule has 0 spiro atoms. The van der Waals surface area contributed by atoms with Crippen LogP contribution in [0.15, 0.2) is 30.5 Å². The van der Waals surface area contributed by atoms with E-state index in [1.807, 2.05) is 30.7 Å². The van der Waals surface area contributed by atoms with Crippen molar-refractivity contribution in [1.29, 1.82) is 0 Å². The number of likely N-dealkylation sites (tertiary alicyclic amines) is 1. The molecule has 0 N–H and O–H groups in total. The van der Waals surface area contributed by atoms with Crippen LogP contribution in [0.1, 0.15) is 12.8 Å². The van der Waals surface area contributed by atoms with Gasteiger partial charge < -0.3 is 9.64 Å². The molecule has 121 valence electrons. The normalized spacial score (nSPS) is 16.4. The molecular formula is C18H22N3O2.